The molecule has 1 saturated heterocycles. The molecule has 625 valence electrons. The Balaban J connectivity index is 0.000000228. The zero-order valence-corrected chi connectivity index (χ0v) is 78.2. The van der Waals surface area contributed by atoms with E-state index in [1.54, 1.807) is 96.1 Å². The first-order chi connectivity index (χ1) is 57.7. The Bertz CT molecular complexity index is 6380. The standard InChI is InChI=1S/C22H15BrFN3O2S2.C13H6BrFN2O3S.C13H8BrFN2OS.C9H7NOS.C7H3BrClNS.C7H4ClNS.C6H4FNO3.C4H8O.CH4.B.Na.H/c23-19-12-16-21(31-19)18(8-9-25-16)29-17-7-6-14(11-15(17)24)26-22(30)27-20(28)10-13-4-2-1-3-5-13;14-12-6-9-13(21-12)11(3-4-16-9)20-10-2-1-7(17(18)19)5-8(10)15;14-12-6-9-13(19-12)11(3-4-17-9)18-10-2-1-7(16)5-8(10)15;11-9(10-7-12)6-8-4-2-1-3-5-8;8-6-3-5-7(11-6)4(9)1-2-10-5;8-5-1-3-9-6-2-4-10-7(5)6;7-5-3-4(8(10)11)1-2-6(5)9;1-2-4-5-3-1;;;;/h1-9,11-12H,10H2,(H2,26,27,28,30);1-6H;1-6H,16H2;1-5H,6H2;1-3H;1-4H;1-3,9H;1-4H2;1H4;;;/q;;;;;;;;;;+1;-1. The van der Waals surface area contributed by atoms with Crippen molar-refractivity contribution in [3.05, 3.63) is 310 Å². The molecule has 17 rings (SSSR count). The van der Waals surface area contributed by atoms with Crippen LogP contribution >= 0.6 is 168 Å². The number of hydrogen-bond acceptors (Lipinski definition) is 24. The molecule has 1 fully saturated rings. The van der Waals surface area contributed by atoms with Gasteiger partial charge in [-0.25, -0.2) is 17.6 Å². The van der Waals surface area contributed by atoms with Crippen LogP contribution in [-0.2, 0) is 27.2 Å². The third kappa shape index (κ3) is 31.1. The summed E-state index contributed by atoms with van der Waals surface area (Å²) >= 11 is 42.4. The summed E-state index contributed by atoms with van der Waals surface area (Å²) in [5, 5.41) is 40.3. The number of hydrogen-bond donors (Lipinski definition) is 4. The first-order valence-electron chi connectivity index (χ1n) is 34.4. The van der Waals surface area contributed by atoms with Crippen molar-refractivity contribution in [2.24, 2.45) is 4.99 Å². The van der Waals surface area contributed by atoms with Gasteiger partial charge in [-0.15, -0.1) is 56.7 Å². The number of halogens is 10. The molecule has 0 saturated carbocycles. The molecule has 1 aliphatic rings. The van der Waals surface area contributed by atoms with Crippen LogP contribution in [0.4, 0.5) is 40.3 Å². The maximum Gasteiger partial charge on any atom is 1.00 e. The maximum absolute atomic E-state index is 14.6. The van der Waals surface area contributed by atoms with Gasteiger partial charge in [0.2, 0.25) is 5.91 Å². The van der Waals surface area contributed by atoms with E-state index in [0.29, 0.717) is 41.1 Å². The third-order valence-corrected chi connectivity index (χ3v) is 24.1. The quantitative estimate of drug-likeness (QED) is 0.0159. The van der Waals surface area contributed by atoms with Gasteiger partial charge in [-0.1, -0.05) is 91.3 Å². The molecule has 22 nitrogen and oxygen atoms in total. The Morgan fingerprint density at radius 1 is 0.545 bits per heavy atom. The van der Waals surface area contributed by atoms with Crippen LogP contribution < -0.4 is 60.1 Å². The number of thiophene rings is 5. The average Bonchev–Trinajstić information content (AvgIpc) is 1.65. The number of aromatic hydroxyl groups is 1. The number of carbonyl (C=O) groups is 2. The summed E-state index contributed by atoms with van der Waals surface area (Å²) in [7, 11) is 0. The number of nitrogens with zero attached hydrogens (tertiary/aromatic N) is 8. The van der Waals surface area contributed by atoms with E-state index in [9.17, 15) is 47.4 Å². The molecule has 123 heavy (non-hydrogen) atoms. The minimum Gasteiger partial charge on any atom is -1.00 e. The second kappa shape index (κ2) is 50.6. The van der Waals surface area contributed by atoms with Gasteiger partial charge < -0.3 is 41.8 Å². The second-order valence-electron chi connectivity index (χ2n) is 23.9. The number of fused-ring (bicyclic) bond motifs is 5. The Morgan fingerprint density at radius 3 is 1.37 bits per heavy atom. The van der Waals surface area contributed by atoms with Crippen molar-refractivity contribution in [3.63, 3.8) is 0 Å². The predicted octanol–water partition coefficient (Wildman–Crippen LogP) is 23.6. The van der Waals surface area contributed by atoms with Gasteiger partial charge in [-0.3, -0.25) is 54.7 Å². The summed E-state index contributed by atoms with van der Waals surface area (Å²) in [6, 6.07) is 51.5. The second-order valence-corrected chi connectivity index (χ2v) is 35.9. The minimum atomic E-state index is -0.987. The van der Waals surface area contributed by atoms with Crippen molar-refractivity contribution in [2.45, 2.75) is 33.1 Å². The first-order valence-corrected chi connectivity index (χ1v) is 43.2. The summed E-state index contributed by atoms with van der Waals surface area (Å²) in [4.78, 5) is 66.6. The number of pyridine rings is 5. The summed E-state index contributed by atoms with van der Waals surface area (Å²) in [5.41, 5.74) is 11.6. The van der Waals surface area contributed by atoms with Crippen LogP contribution in [-0.4, -0.2) is 83.6 Å². The number of carbonyl (C=O) groups excluding carboxylic acids is 2. The van der Waals surface area contributed by atoms with Gasteiger partial charge in [0.25, 0.3) is 17.3 Å². The molecule has 2 amide bonds. The van der Waals surface area contributed by atoms with Crippen molar-refractivity contribution < 1.29 is 92.0 Å². The molecule has 41 heteroatoms. The van der Waals surface area contributed by atoms with Gasteiger partial charge >= 0.3 is 29.6 Å². The van der Waals surface area contributed by atoms with Crippen LogP contribution in [0.3, 0.4) is 0 Å². The van der Waals surface area contributed by atoms with E-state index in [4.69, 9.17) is 65.2 Å². The number of non-ortho nitro benzene ring substituents is 2. The molecule has 6 aromatic carbocycles. The van der Waals surface area contributed by atoms with Crippen LogP contribution in [0.5, 0.6) is 40.2 Å². The van der Waals surface area contributed by atoms with E-state index in [1.807, 2.05) is 102 Å². The number of rotatable bonds is 13. The number of anilines is 2. The number of amides is 2. The molecule has 5 N–H and O–H groups in total. The Labute approximate surface area is 799 Å². The van der Waals surface area contributed by atoms with Crippen molar-refractivity contribution in [1.29, 1.82) is 0 Å². The van der Waals surface area contributed by atoms with Gasteiger partial charge in [-0.05, 0) is 196 Å². The summed E-state index contributed by atoms with van der Waals surface area (Å²) < 4.78 is 84.8. The number of nitro groups is 2. The predicted molar refractivity (Wildman–Crippen MR) is 502 cm³/mol. The van der Waals surface area contributed by atoms with E-state index in [0.717, 1.165) is 119 Å². The molecule has 0 atom stereocenters. The van der Waals surface area contributed by atoms with E-state index in [-0.39, 0.29) is 98.8 Å². The maximum atomic E-state index is 14.6. The molecule has 1 aliphatic heterocycles. The molecule has 16 aromatic rings. The molecular formula is C82H60BBr4Cl2F4N11NaO11S7. The number of nitro benzene ring substituents is 2. The van der Waals surface area contributed by atoms with Gasteiger partial charge in [0, 0.05) is 106 Å². The molecular weight excluding hydrogens is 2040 g/mol. The number of aliphatic imine (C=N–C) groups is 1. The molecule has 0 bridgehead atoms. The largest absolute Gasteiger partial charge is 1.00 e. The van der Waals surface area contributed by atoms with Gasteiger partial charge in [0.05, 0.1) is 116 Å². The molecule has 10 aromatic heterocycles. The Morgan fingerprint density at radius 2 is 0.951 bits per heavy atom. The minimum absolute atomic E-state index is 0. The molecule has 0 spiro atoms. The number of ether oxygens (including phenoxy) is 4. The van der Waals surface area contributed by atoms with Gasteiger partial charge in [-0.2, -0.15) is 4.99 Å². The van der Waals surface area contributed by atoms with Gasteiger partial charge in [0.1, 0.15) is 17.2 Å². The van der Waals surface area contributed by atoms with Crippen molar-refractivity contribution in [1.82, 2.24) is 30.2 Å². The van der Waals surface area contributed by atoms with E-state index >= 15 is 0 Å². The van der Waals surface area contributed by atoms with E-state index in [2.05, 4.69) is 116 Å². The van der Waals surface area contributed by atoms with Gasteiger partial charge in [0.15, 0.2) is 51.4 Å². The smallest absolute Gasteiger partial charge is 1.00 e. The normalized spacial score (nSPS) is 10.7. The summed E-state index contributed by atoms with van der Waals surface area (Å²) in [6.45, 7) is 2.00. The first kappa shape index (κ1) is 101. The van der Waals surface area contributed by atoms with Crippen LogP contribution in [0.15, 0.2) is 251 Å². The number of benzene rings is 6. The zero-order chi connectivity index (χ0) is 85.8. The fraction of sp³-hybridized carbons (Fsp3) is 0.0854. The fourth-order valence-corrected chi connectivity index (χ4v) is 17.6. The topological polar surface area (TPSA) is 304 Å². The number of aromatic nitrogens is 5. The van der Waals surface area contributed by atoms with E-state index < -0.39 is 38.9 Å². The van der Waals surface area contributed by atoms with Crippen LogP contribution in [0.25, 0.3) is 51.1 Å². The number of nitrogens with two attached hydrogens (primary N) is 1. The molecule has 11 heterocycles. The SMILES string of the molecule is C.C1CCOC1.Clc1ccnc2cc(Br)sc12.Clc1ccnc2ccsc12.Nc1ccc(Oc2ccnc3cc(Br)sc23)c(F)c1.O=C(Cc1ccccc1)N=C=S.O=C(Cc1ccccc1)NC(=S)Nc1ccc(Oc2ccnc3cc(Br)sc23)c(F)c1.O=[N+]([O-])c1ccc(O)c(F)c1.O=[N+]([O-])c1ccc(Oc2ccnc3cc(Br)sc23)c(F)c1.[B].[H-].[Na+]. The summed E-state index contributed by atoms with van der Waals surface area (Å²) in [6.07, 6.45) is 11.3. The summed E-state index contributed by atoms with van der Waals surface area (Å²) in [5.74, 6) is -2.24. The molecule has 0 aliphatic carbocycles. The fourth-order valence-electron chi connectivity index (χ4n) is 10.0. The van der Waals surface area contributed by atoms with Crippen molar-refractivity contribution in [2.75, 3.05) is 24.3 Å². The third-order valence-electron chi connectivity index (χ3n) is 15.4. The number of nitrogens with one attached hydrogen (secondary N) is 2. The van der Waals surface area contributed by atoms with Crippen LogP contribution in [0, 0.1) is 43.5 Å². The number of isothiocyanates is 1. The van der Waals surface area contributed by atoms with E-state index in [1.165, 1.54) is 83.3 Å². The van der Waals surface area contributed by atoms with Crippen LogP contribution in [0.2, 0.25) is 10.0 Å². The van der Waals surface area contributed by atoms with Crippen molar-refractivity contribution >= 4 is 272 Å². The Kier molecular flexibility index (Phi) is 41.5. The van der Waals surface area contributed by atoms with Crippen molar-refractivity contribution in [3.8, 4) is 40.2 Å². The monoisotopic (exact) mass is 2090 g/mol. The number of phenols is 1. The average molecular weight is 2100 g/mol. The Hall–Kier alpha value is -9.26. The van der Waals surface area contributed by atoms with Crippen LogP contribution in [0.1, 0.15) is 32.8 Å². The number of thiocarbonyl (C=S) groups is 2. The number of phenolic OH excluding ortho intramolecular Hbond substituents is 1. The molecule has 3 radical (unpaired) electrons. The zero-order valence-electron chi connectivity index (χ0n) is 63.6. The number of nitrogen functional groups attached to an aromatic ring is 1. The molecule has 0 unspecified atom stereocenters.